The largest absolute Gasteiger partial charge is 0.493 e. The van der Waals surface area contributed by atoms with Crippen molar-refractivity contribution < 1.29 is 13.9 Å². The van der Waals surface area contributed by atoms with E-state index in [-0.39, 0.29) is 5.76 Å². The summed E-state index contributed by atoms with van der Waals surface area (Å²) in [5.74, 6) is 2.50. The predicted molar refractivity (Wildman–Crippen MR) is 92.3 cm³/mol. The number of nitrogens with zero attached hydrogens (tertiary/aromatic N) is 4. The lowest BCUT2D eigenvalue weighted by atomic mass is 10.1. The summed E-state index contributed by atoms with van der Waals surface area (Å²) < 4.78 is 12.7. The number of hydrogen-bond donors (Lipinski definition) is 0. The van der Waals surface area contributed by atoms with Crippen LogP contribution in [0, 0.1) is 0 Å². The lowest BCUT2D eigenvalue weighted by molar-refractivity contribution is 0.110. The quantitative estimate of drug-likeness (QED) is 0.529. The van der Waals surface area contributed by atoms with E-state index in [1.54, 1.807) is 22.7 Å². The third-order valence-corrected chi connectivity index (χ3v) is 4.44. The maximum absolute atomic E-state index is 10.8. The maximum atomic E-state index is 10.8. The average molecular weight is 346 g/mol. The molecule has 128 valence electrons. The van der Waals surface area contributed by atoms with Crippen LogP contribution in [0.4, 0.5) is 0 Å². The Morgan fingerprint density at radius 1 is 1.12 bits per heavy atom. The van der Waals surface area contributed by atoms with Crippen molar-refractivity contribution in [3.05, 3.63) is 65.2 Å². The van der Waals surface area contributed by atoms with Crippen molar-refractivity contribution in [1.82, 2.24) is 19.8 Å². The van der Waals surface area contributed by atoms with Crippen molar-refractivity contribution in [3.63, 3.8) is 0 Å². The molecule has 4 heterocycles. The Balaban J connectivity index is 1.51. The van der Waals surface area contributed by atoms with Crippen LogP contribution in [-0.4, -0.2) is 32.7 Å². The molecule has 3 aromatic heterocycles. The summed E-state index contributed by atoms with van der Waals surface area (Å²) in [5.41, 5.74) is 3.64. The molecule has 0 bridgehead atoms. The van der Waals surface area contributed by atoms with E-state index in [0.29, 0.717) is 29.8 Å². The van der Waals surface area contributed by atoms with Crippen LogP contribution in [-0.2, 0) is 12.8 Å². The second kappa shape index (κ2) is 5.80. The molecule has 0 radical (unpaired) electrons. The lowest BCUT2D eigenvalue weighted by Gasteiger charge is -2.04. The highest BCUT2D eigenvalue weighted by molar-refractivity contribution is 5.72. The summed E-state index contributed by atoms with van der Waals surface area (Å²) in [7, 11) is 0. The molecule has 0 spiro atoms. The number of ether oxygens (including phenoxy) is 1. The Labute approximate surface area is 148 Å². The Hall–Kier alpha value is -3.48. The number of aromatic nitrogens is 4. The summed E-state index contributed by atoms with van der Waals surface area (Å²) in [6.45, 7) is 0.740. The van der Waals surface area contributed by atoms with Crippen LogP contribution in [0.25, 0.3) is 17.1 Å². The minimum Gasteiger partial charge on any atom is -0.493 e. The SMILES string of the molecule is O=Cc1ccc(-c2ccc3nnc(Cc4ccc5c(c4)CCO5)n3n2)o1. The molecule has 5 rings (SSSR count). The Morgan fingerprint density at radius 2 is 2.08 bits per heavy atom. The van der Waals surface area contributed by atoms with E-state index < -0.39 is 0 Å². The molecular formula is C19H14N4O3. The van der Waals surface area contributed by atoms with E-state index in [2.05, 4.69) is 21.4 Å². The standard InChI is InChI=1S/C19H14N4O3/c24-11-14-2-5-17(26-14)15-3-6-18-20-21-19(23(18)22-15)10-12-1-4-16-13(9-12)7-8-25-16/h1-6,9,11H,7-8,10H2. The zero-order valence-corrected chi connectivity index (χ0v) is 13.8. The monoisotopic (exact) mass is 346 g/mol. The first kappa shape index (κ1) is 14.8. The fourth-order valence-corrected chi connectivity index (χ4v) is 3.16. The Morgan fingerprint density at radius 3 is 2.96 bits per heavy atom. The van der Waals surface area contributed by atoms with Gasteiger partial charge >= 0.3 is 0 Å². The number of furan rings is 1. The number of rotatable bonds is 4. The number of fused-ring (bicyclic) bond motifs is 2. The third-order valence-electron chi connectivity index (χ3n) is 4.44. The molecule has 0 fully saturated rings. The lowest BCUT2D eigenvalue weighted by Crippen LogP contribution is -2.01. The average Bonchev–Trinajstić information content (AvgIpc) is 3.40. The summed E-state index contributed by atoms with van der Waals surface area (Å²) in [5, 5.41) is 13.0. The van der Waals surface area contributed by atoms with Gasteiger partial charge in [-0.25, -0.2) is 0 Å². The van der Waals surface area contributed by atoms with Crippen LogP contribution < -0.4 is 4.74 Å². The van der Waals surface area contributed by atoms with Crippen LogP contribution in [0.3, 0.4) is 0 Å². The van der Waals surface area contributed by atoms with Crippen molar-refractivity contribution in [2.45, 2.75) is 12.8 Å². The van der Waals surface area contributed by atoms with Gasteiger partial charge in [-0.1, -0.05) is 12.1 Å². The first-order valence-electron chi connectivity index (χ1n) is 8.31. The second-order valence-corrected chi connectivity index (χ2v) is 6.14. The number of carbonyl (C=O) groups excluding carboxylic acids is 1. The summed E-state index contributed by atoms with van der Waals surface area (Å²) in [6, 6.07) is 13.2. The molecule has 26 heavy (non-hydrogen) atoms. The van der Waals surface area contributed by atoms with Crippen LogP contribution in [0.15, 0.2) is 46.9 Å². The molecular weight excluding hydrogens is 332 g/mol. The van der Waals surface area contributed by atoms with Crippen molar-refractivity contribution in [2.24, 2.45) is 0 Å². The van der Waals surface area contributed by atoms with Crippen molar-refractivity contribution in [3.8, 4) is 17.2 Å². The number of hydrogen-bond acceptors (Lipinski definition) is 6. The third kappa shape index (κ3) is 2.45. The van der Waals surface area contributed by atoms with Crippen LogP contribution >= 0.6 is 0 Å². The molecule has 1 aromatic carbocycles. The highest BCUT2D eigenvalue weighted by Crippen LogP contribution is 2.27. The van der Waals surface area contributed by atoms with Crippen molar-refractivity contribution in [1.29, 1.82) is 0 Å². The number of carbonyl (C=O) groups is 1. The van der Waals surface area contributed by atoms with Crippen LogP contribution in [0.5, 0.6) is 5.75 Å². The highest BCUT2D eigenvalue weighted by atomic mass is 16.5. The van der Waals surface area contributed by atoms with Gasteiger partial charge in [0.05, 0.1) is 6.61 Å². The van der Waals surface area contributed by atoms with E-state index in [1.807, 2.05) is 18.2 Å². The van der Waals surface area contributed by atoms with Gasteiger partial charge in [-0.2, -0.15) is 9.61 Å². The molecule has 0 saturated heterocycles. The van der Waals surface area contributed by atoms with Crippen LogP contribution in [0.2, 0.25) is 0 Å². The summed E-state index contributed by atoms with van der Waals surface area (Å²) in [6.07, 6.45) is 2.22. The van der Waals surface area contributed by atoms with Crippen molar-refractivity contribution in [2.75, 3.05) is 6.61 Å². The van der Waals surface area contributed by atoms with Gasteiger partial charge in [0, 0.05) is 12.8 Å². The molecule has 0 amide bonds. The molecule has 1 aliphatic rings. The summed E-state index contributed by atoms with van der Waals surface area (Å²) in [4.78, 5) is 10.8. The zero-order chi connectivity index (χ0) is 17.5. The smallest absolute Gasteiger partial charge is 0.185 e. The fourth-order valence-electron chi connectivity index (χ4n) is 3.16. The number of aldehydes is 1. The second-order valence-electron chi connectivity index (χ2n) is 6.14. The molecule has 0 aliphatic carbocycles. The van der Waals surface area contributed by atoms with E-state index >= 15 is 0 Å². The van der Waals surface area contributed by atoms with E-state index in [9.17, 15) is 4.79 Å². The normalized spacial score (nSPS) is 12.9. The minimum absolute atomic E-state index is 0.270. The molecule has 7 heteroatoms. The summed E-state index contributed by atoms with van der Waals surface area (Å²) >= 11 is 0. The minimum atomic E-state index is 0.270. The fraction of sp³-hybridized carbons (Fsp3) is 0.158. The molecule has 0 N–H and O–H groups in total. The number of benzene rings is 1. The topological polar surface area (TPSA) is 82.5 Å². The van der Waals surface area contributed by atoms with E-state index in [0.717, 1.165) is 30.2 Å². The van der Waals surface area contributed by atoms with Gasteiger partial charge in [-0.3, -0.25) is 4.79 Å². The van der Waals surface area contributed by atoms with Gasteiger partial charge in [0.1, 0.15) is 11.4 Å². The van der Waals surface area contributed by atoms with Gasteiger partial charge in [0.2, 0.25) is 0 Å². The Bertz CT molecular complexity index is 1130. The van der Waals surface area contributed by atoms with Crippen LogP contribution in [0.1, 0.15) is 27.5 Å². The van der Waals surface area contributed by atoms with Gasteiger partial charge in [-0.15, -0.1) is 10.2 Å². The highest BCUT2D eigenvalue weighted by Gasteiger charge is 2.15. The molecule has 0 saturated carbocycles. The molecule has 7 nitrogen and oxygen atoms in total. The van der Waals surface area contributed by atoms with Crippen molar-refractivity contribution >= 4 is 11.9 Å². The van der Waals surface area contributed by atoms with Gasteiger partial charge in [0.25, 0.3) is 0 Å². The van der Waals surface area contributed by atoms with E-state index in [1.165, 1.54) is 5.56 Å². The van der Waals surface area contributed by atoms with Gasteiger partial charge in [0.15, 0.2) is 29.3 Å². The van der Waals surface area contributed by atoms with Gasteiger partial charge in [-0.05, 0) is 41.5 Å². The Kier molecular flexibility index (Phi) is 3.31. The molecule has 0 atom stereocenters. The zero-order valence-electron chi connectivity index (χ0n) is 13.8. The maximum Gasteiger partial charge on any atom is 0.185 e. The van der Waals surface area contributed by atoms with Gasteiger partial charge < -0.3 is 9.15 Å². The first-order valence-corrected chi connectivity index (χ1v) is 8.31. The predicted octanol–water partition coefficient (Wildman–Crippen LogP) is 2.72. The molecule has 1 aliphatic heterocycles. The molecule has 4 aromatic rings. The van der Waals surface area contributed by atoms with E-state index in [4.69, 9.17) is 9.15 Å². The molecule has 0 unspecified atom stereocenters. The first-order chi connectivity index (χ1) is 12.8.